The first-order valence-electron chi connectivity index (χ1n) is 7.26. The molecule has 0 aromatic rings. The highest BCUT2D eigenvalue weighted by Gasteiger charge is 2.52. The third kappa shape index (κ3) is 3.26. The van der Waals surface area contributed by atoms with Crippen LogP contribution in [0.25, 0.3) is 0 Å². The number of amides is 4. The Labute approximate surface area is 120 Å². The molecule has 1 fully saturated rings. The molecule has 5 heteroatoms. The van der Waals surface area contributed by atoms with E-state index in [4.69, 9.17) is 0 Å². The van der Waals surface area contributed by atoms with E-state index in [0.717, 1.165) is 32.1 Å². The highest BCUT2D eigenvalue weighted by atomic mass is 16.2. The molecule has 1 unspecified atom stereocenters. The Bertz CT molecular complexity index is 384. The van der Waals surface area contributed by atoms with Crippen LogP contribution in [0, 0.1) is 11.3 Å². The first-order valence-corrected chi connectivity index (χ1v) is 7.26. The van der Waals surface area contributed by atoms with Gasteiger partial charge in [0.1, 0.15) is 5.41 Å². The predicted molar refractivity (Wildman–Crippen MR) is 76.9 cm³/mol. The fourth-order valence-electron chi connectivity index (χ4n) is 2.75. The van der Waals surface area contributed by atoms with Gasteiger partial charge in [-0.3, -0.25) is 20.2 Å². The topological polar surface area (TPSA) is 75.3 Å². The number of hydrogen-bond acceptors (Lipinski definition) is 3. The lowest BCUT2D eigenvalue weighted by Crippen LogP contribution is -2.64. The van der Waals surface area contributed by atoms with Crippen LogP contribution in [-0.2, 0) is 9.59 Å². The van der Waals surface area contributed by atoms with Crippen molar-refractivity contribution in [3.63, 3.8) is 0 Å². The Morgan fingerprint density at radius 1 is 1.15 bits per heavy atom. The summed E-state index contributed by atoms with van der Waals surface area (Å²) in [7, 11) is 0. The zero-order valence-electron chi connectivity index (χ0n) is 12.3. The number of allylic oxidation sites excluding steroid dienone is 1. The third-order valence-electron chi connectivity index (χ3n) is 4.06. The van der Waals surface area contributed by atoms with E-state index in [2.05, 4.69) is 24.1 Å². The molecule has 0 spiro atoms. The van der Waals surface area contributed by atoms with E-state index < -0.39 is 23.3 Å². The molecule has 1 saturated heterocycles. The largest absolute Gasteiger partial charge is 0.328 e. The van der Waals surface area contributed by atoms with Crippen molar-refractivity contribution in [2.75, 3.05) is 0 Å². The second kappa shape index (κ2) is 7.22. The molecule has 0 bridgehead atoms. The maximum absolute atomic E-state index is 12.2. The van der Waals surface area contributed by atoms with Crippen LogP contribution >= 0.6 is 0 Å². The lowest BCUT2D eigenvalue weighted by molar-refractivity contribution is -0.148. The molecule has 0 aromatic heterocycles. The summed E-state index contributed by atoms with van der Waals surface area (Å²) in [6.45, 7) is 7.66. The molecular formula is C15H24N2O3. The third-order valence-corrected chi connectivity index (χ3v) is 4.06. The molecule has 1 heterocycles. The number of carbonyl (C=O) groups is 3. The molecule has 1 rings (SSSR count). The Morgan fingerprint density at radius 2 is 1.75 bits per heavy atom. The summed E-state index contributed by atoms with van der Waals surface area (Å²) in [5, 5.41) is 4.42. The summed E-state index contributed by atoms with van der Waals surface area (Å²) in [5.41, 5.74) is -1.21. The summed E-state index contributed by atoms with van der Waals surface area (Å²) in [5.74, 6) is -1.14. The Morgan fingerprint density at radius 3 is 2.25 bits per heavy atom. The highest BCUT2D eigenvalue weighted by Crippen LogP contribution is 2.37. The van der Waals surface area contributed by atoms with Gasteiger partial charge in [-0.15, -0.1) is 6.58 Å². The zero-order chi connectivity index (χ0) is 15.2. The monoisotopic (exact) mass is 280 g/mol. The number of hydrogen-bond donors (Lipinski definition) is 2. The van der Waals surface area contributed by atoms with Crippen LogP contribution in [0.15, 0.2) is 12.7 Å². The van der Waals surface area contributed by atoms with Crippen LogP contribution in [0.1, 0.15) is 52.4 Å². The van der Waals surface area contributed by atoms with Gasteiger partial charge in [-0.05, 0) is 18.8 Å². The molecule has 112 valence electrons. The first-order chi connectivity index (χ1) is 9.48. The smallest absolute Gasteiger partial charge is 0.277 e. The van der Waals surface area contributed by atoms with Gasteiger partial charge < -0.3 is 0 Å². The summed E-state index contributed by atoms with van der Waals surface area (Å²) in [4.78, 5) is 35.6. The first kappa shape index (κ1) is 16.4. The van der Waals surface area contributed by atoms with Crippen molar-refractivity contribution < 1.29 is 14.4 Å². The number of barbiturate groups is 1. The van der Waals surface area contributed by atoms with E-state index in [1.54, 1.807) is 6.08 Å². The molecule has 0 aromatic carbocycles. The average Bonchev–Trinajstić information content (AvgIpc) is 2.38. The van der Waals surface area contributed by atoms with Gasteiger partial charge in [0.05, 0.1) is 0 Å². The Kier molecular flexibility index (Phi) is 5.92. The molecule has 1 aliphatic rings. The van der Waals surface area contributed by atoms with Crippen molar-refractivity contribution >= 4 is 17.8 Å². The van der Waals surface area contributed by atoms with Crippen molar-refractivity contribution in [2.45, 2.75) is 52.4 Å². The molecule has 1 atom stereocenters. The SMILES string of the molecule is C=CCC1(C(C)CCCCCC)C(=O)NC(=O)NC1=O. The zero-order valence-corrected chi connectivity index (χ0v) is 12.3. The van der Waals surface area contributed by atoms with E-state index in [1.165, 1.54) is 0 Å². The minimum absolute atomic E-state index is 0.134. The molecule has 1 aliphatic heterocycles. The molecule has 0 saturated carbocycles. The van der Waals surface area contributed by atoms with Gasteiger partial charge in [0, 0.05) is 0 Å². The molecule has 4 amide bonds. The minimum Gasteiger partial charge on any atom is -0.277 e. The number of nitrogens with one attached hydrogen (secondary N) is 2. The number of urea groups is 1. The molecule has 0 aliphatic carbocycles. The van der Waals surface area contributed by atoms with Crippen LogP contribution in [0.2, 0.25) is 0 Å². The van der Waals surface area contributed by atoms with Crippen LogP contribution in [0.3, 0.4) is 0 Å². The van der Waals surface area contributed by atoms with Gasteiger partial charge in [-0.2, -0.15) is 0 Å². The van der Waals surface area contributed by atoms with E-state index in [-0.39, 0.29) is 12.3 Å². The van der Waals surface area contributed by atoms with Gasteiger partial charge in [0.2, 0.25) is 11.8 Å². The normalized spacial score (nSPS) is 19.2. The second-order valence-corrected chi connectivity index (χ2v) is 5.45. The maximum Gasteiger partial charge on any atom is 0.328 e. The van der Waals surface area contributed by atoms with E-state index in [9.17, 15) is 14.4 Å². The van der Waals surface area contributed by atoms with Gasteiger partial charge in [-0.1, -0.05) is 45.6 Å². The lowest BCUT2D eigenvalue weighted by atomic mass is 9.69. The van der Waals surface area contributed by atoms with Crippen molar-refractivity contribution in [1.82, 2.24) is 10.6 Å². The number of rotatable bonds is 8. The predicted octanol–water partition coefficient (Wildman–Crippen LogP) is 2.52. The van der Waals surface area contributed by atoms with Gasteiger partial charge >= 0.3 is 6.03 Å². The fourth-order valence-corrected chi connectivity index (χ4v) is 2.75. The standard InChI is InChI=1S/C15H24N2O3/c1-4-6-7-8-9-11(3)15(10-5-2)12(18)16-14(20)17-13(15)19/h5,11H,2,4,6-10H2,1,3H3,(H2,16,17,18,19,20). The van der Waals surface area contributed by atoms with Gasteiger partial charge in [-0.25, -0.2) is 4.79 Å². The summed E-state index contributed by atoms with van der Waals surface area (Å²) in [6.07, 6.45) is 6.95. The van der Waals surface area contributed by atoms with Crippen molar-refractivity contribution in [2.24, 2.45) is 11.3 Å². The molecule has 0 radical (unpaired) electrons. The fraction of sp³-hybridized carbons (Fsp3) is 0.667. The Balaban J connectivity index is 2.84. The summed E-state index contributed by atoms with van der Waals surface area (Å²) < 4.78 is 0. The lowest BCUT2D eigenvalue weighted by Gasteiger charge is -2.38. The number of unbranched alkanes of at least 4 members (excludes halogenated alkanes) is 3. The quantitative estimate of drug-likeness (QED) is 0.407. The maximum atomic E-state index is 12.2. The van der Waals surface area contributed by atoms with Crippen LogP contribution in [-0.4, -0.2) is 17.8 Å². The average molecular weight is 280 g/mol. The van der Waals surface area contributed by atoms with E-state index in [0.29, 0.717) is 0 Å². The van der Waals surface area contributed by atoms with E-state index in [1.807, 2.05) is 6.92 Å². The number of carbonyl (C=O) groups excluding carboxylic acids is 3. The molecule has 20 heavy (non-hydrogen) atoms. The minimum atomic E-state index is -1.21. The van der Waals surface area contributed by atoms with Crippen LogP contribution < -0.4 is 10.6 Å². The second-order valence-electron chi connectivity index (χ2n) is 5.45. The van der Waals surface area contributed by atoms with Crippen molar-refractivity contribution in [3.8, 4) is 0 Å². The van der Waals surface area contributed by atoms with Crippen LogP contribution in [0.5, 0.6) is 0 Å². The van der Waals surface area contributed by atoms with E-state index >= 15 is 0 Å². The Hall–Kier alpha value is -1.65. The molecule has 2 N–H and O–H groups in total. The number of imide groups is 2. The summed E-state index contributed by atoms with van der Waals surface area (Å²) >= 11 is 0. The van der Waals surface area contributed by atoms with Gasteiger partial charge in [0.15, 0.2) is 0 Å². The van der Waals surface area contributed by atoms with Crippen molar-refractivity contribution in [1.29, 1.82) is 0 Å². The summed E-state index contributed by atoms with van der Waals surface area (Å²) in [6, 6.07) is -0.738. The van der Waals surface area contributed by atoms with Gasteiger partial charge in [0.25, 0.3) is 0 Å². The molecule has 5 nitrogen and oxygen atoms in total. The van der Waals surface area contributed by atoms with Crippen LogP contribution in [0.4, 0.5) is 4.79 Å². The van der Waals surface area contributed by atoms with Crippen molar-refractivity contribution in [3.05, 3.63) is 12.7 Å². The highest BCUT2D eigenvalue weighted by molar-refractivity contribution is 6.19. The molecular weight excluding hydrogens is 256 g/mol.